The highest BCUT2D eigenvalue weighted by molar-refractivity contribution is 5.88. The summed E-state index contributed by atoms with van der Waals surface area (Å²) in [5, 5.41) is 0. The summed E-state index contributed by atoms with van der Waals surface area (Å²) >= 11 is 0. The zero-order chi connectivity index (χ0) is 11.2. The molecule has 0 aromatic heterocycles. The molecule has 1 saturated heterocycles. The monoisotopic (exact) mass is 207 g/mol. The van der Waals surface area contributed by atoms with E-state index in [1.54, 1.807) is 0 Å². The highest BCUT2D eigenvalue weighted by Crippen LogP contribution is 2.35. The Balaban J connectivity index is 2.43. The van der Waals surface area contributed by atoms with Crippen molar-refractivity contribution in [3.8, 4) is 0 Å². The van der Waals surface area contributed by atoms with E-state index < -0.39 is 0 Å². The summed E-state index contributed by atoms with van der Waals surface area (Å²) in [6.07, 6.45) is 0.821. The van der Waals surface area contributed by atoms with Crippen LogP contribution in [0.2, 0.25) is 0 Å². The number of amidine groups is 1. The maximum atomic E-state index is 11.3. The number of carbonyl (C=O) groups is 1. The maximum Gasteiger partial charge on any atom is 0.226 e. The highest BCUT2D eigenvalue weighted by Gasteiger charge is 2.37. The lowest BCUT2D eigenvalue weighted by atomic mass is 9.97. The van der Waals surface area contributed by atoms with Gasteiger partial charge in [-0.15, -0.1) is 0 Å². The van der Waals surface area contributed by atoms with Crippen molar-refractivity contribution in [3.05, 3.63) is 11.3 Å². The summed E-state index contributed by atoms with van der Waals surface area (Å²) in [6.45, 7) is 6.96. The first-order valence-corrected chi connectivity index (χ1v) is 5.34. The number of aliphatic imine (C=N–C) groups is 1. The molecule has 0 saturated carbocycles. The number of hydrogen-bond acceptors (Lipinski definition) is 3. The standard InChI is InChI=1S/C11H17N3O/c1-6-7(2)13-8(3)14-5-4-9(10(6)14)11(12)15/h7,9H,4-5H2,1-3H3,(H2,12,15). The molecule has 0 bridgehead atoms. The Hall–Kier alpha value is -1.32. The van der Waals surface area contributed by atoms with Crippen LogP contribution < -0.4 is 5.73 Å². The molecule has 0 aromatic rings. The Morgan fingerprint density at radius 3 is 2.80 bits per heavy atom. The van der Waals surface area contributed by atoms with Gasteiger partial charge in [-0.05, 0) is 32.8 Å². The third-order valence-corrected chi connectivity index (χ3v) is 3.41. The van der Waals surface area contributed by atoms with Crippen molar-refractivity contribution in [1.29, 1.82) is 0 Å². The summed E-state index contributed by atoms with van der Waals surface area (Å²) in [5.41, 5.74) is 7.70. The maximum absolute atomic E-state index is 11.3. The molecule has 15 heavy (non-hydrogen) atoms. The van der Waals surface area contributed by atoms with Crippen LogP contribution in [0.5, 0.6) is 0 Å². The Bertz CT molecular complexity index is 362. The summed E-state index contributed by atoms with van der Waals surface area (Å²) in [4.78, 5) is 18.0. The summed E-state index contributed by atoms with van der Waals surface area (Å²) in [6, 6.07) is 0.177. The molecule has 0 aromatic carbocycles. The first-order chi connectivity index (χ1) is 7.02. The molecule has 2 aliphatic heterocycles. The van der Waals surface area contributed by atoms with Crippen molar-refractivity contribution in [2.75, 3.05) is 6.54 Å². The molecule has 2 atom stereocenters. The third kappa shape index (κ3) is 1.44. The van der Waals surface area contributed by atoms with Crippen molar-refractivity contribution in [3.63, 3.8) is 0 Å². The first kappa shape index (κ1) is 10.2. The largest absolute Gasteiger partial charge is 0.369 e. The van der Waals surface area contributed by atoms with Gasteiger partial charge in [-0.3, -0.25) is 9.79 Å². The molecule has 0 spiro atoms. The van der Waals surface area contributed by atoms with Gasteiger partial charge in [-0.1, -0.05) is 0 Å². The van der Waals surface area contributed by atoms with Crippen LogP contribution in [-0.2, 0) is 4.79 Å². The number of hydrogen-bond donors (Lipinski definition) is 1. The van der Waals surface area contributed by atoms with Gasteiger partial charge in [-0.25, -0.2) is 0 Å². The lowest BCUT2D eigenvalue weighted by Crippen LogP contribution is -2.34. The van der Waals surface area contributed by atoms with Crippen LogP contribution in [0.4, 0.5) is 0 Å². The van der Waals surface area contributed by atoms with Crippen LogP contribution >= 0.6 is 0 Å². The summed E-state index contributed by atoms with van der Waals surface area (Å²) < 4.78 is 0. The molecule has 4 heteroatoms. The minimum atomic E-state index is -0.214. The highest BCUT2D eigenvalue weighted by atomic mass is 16.1. The second kappa shape index (κ2) is 3.36. The topological polar surface area (TPSA) is 58.7 Å². The van der Waals surface area contributed by atoms with E-state index in [0.717, 1.165) is 24.5 Å². The normalized spacial score (nSPS) is 30.3. The van der Waals surface area contributed by atoms with Crippen LogP contribution in [-0.4, -0.2) is 29.2 Å². The predicted octanol–water partition coefficient (Wildman–Crippen LogP) is 0.888. The van der Waals surface area contributed by atoms with Crippen LogP contribution in [0.1, 0.15) is 27.2 Å². The van der Waals surface area contributed by atoms with Gasteiger partial charge in [-0.2, -0.15) is 0 Å². The van der Waals surface area contributed by atoms with Crippen LogP contribution in [0.15, 0.2) is 16.3 Å². The van der Waals surface area contributed by atoms with Crippen LogP contribution in [0.25, 0.3) is 0 Å². The minimum Gasteiger partial charge on any atom is -0.369 e. The number of fused-ring (bicyclic) bond motifs is 1. The van der Waals surface area contributed by atoms with Crippen LogP contribution in [0, 0.1) is 5.92 Å². The Morgan fingerprint density at radius 1 is 1.53 bits per heavy atom. The average Bonchev–Trinajstić information content (AvgIpc) is 2.58. The molecule has 0 aliphatic carbocycles. The smallest absolute Gasteiger partial charge is 0.226 e. The van der Waals surface area contributed by atoms with E-state index in [9.17, 15) is 4.79 Å². The molecule has 2 N–H and O–H groups in total. The van der Waals surface area contributed by atoms with Gasteiger partial charge in [0, 0.05) is 12.2 Å². The van der Waals surface area contributed by atoms with Crippen molar-refractivity contribution >= 4 is 11.7 Å². The van der Waals surface area contributed by atoms with E-state index in [-0.39, 0.29) is 17.9 Å². The second-order valence-electron chi connectivity index (χ2n) is 4.32. The lowest BCUT2D eigenvalue weighted by Gasteiger charge is -2.30. The van der Waals surface area contributed by atoms with Gasteiger partial charge in [0.15, 0.2) is 0 Å². The molecule has 82 valence electrons. The Labute approximate surface area is 89.8 Å². The fourth-order valence-corrected chi connectivity index (χ4v) is 2.47. The van der Waals surface area contributed by atoms with E-state index in [1.165, 1.54) is 5.57 Å². The van der Waals surface area contributed by atoms with Crippen molar-refractivity contribution in [2.45, 2.75) is 33.2 Å². The van der Waals surface area contributed by atoms with Gasteiger partial charge in [0.25, 0.3) is 0 Å². The van der Waals surface area contributed by atoms with Gasteiger partial charge in [0.1, 0.15) is 5.84 Å². The predicted molar refractivity (Wildman–Crippen MR) is 59.3 cm³/mol. The fourth-order valence-electron chi connectivity index (χ4n) is 2.47. The second-order valence-corrected chi connectivity index (χ2v) is 4.32. The van der Waals surface area contributed by atoms with E-state index in [0.29, 0.717) is 0 Å². The van der Waals surface area contributed by atoms with Crippen molar-refractivity contribution in [1.82, 2.24) is 4.90 Å². The molecular weight excluding hydrogens is 190 g/mol. The molecule has 1 fully saturated rings. The van der Waals surface area contributed by atoms with Gasteiger partial charge >= 0.3 is 0 Å². The molecule has 4 nitrogen and oxygen atoms in total. The van der Waals surface area contributed by atoms with E-state index in [1.807, 2.05) is 13.8 Å². The quantitative estimate of drug-likeness (QED) is 0.694. The Morgan fingerprint density at radius 2 is 2.20 bits per heavy atom. The average molecular weight is 207 g/mol. The SMILES string of the molecule is CC1=NC(C)C(C)=C2C(C(N)=O)CCN12. The molecular formula is C11H17N3O. The zero-order valence-electron chi connectivity index (χ0n) is 9.45. The van der Waals surface area contributed by atoms with Gasteiger partial charge in [0.05, 0.1) is 12.0 Å². The van der Waals surface area contributed by atoms with Crippen molar-refractivity contribution in [2.24, 2.45) is 16.6 Å². The third-order valence-electron chi connectivity index (χ3n) is 3.41. The number of amides is 1. The van der Waals surface area contributed by atoms with Crippen molar-refractivity contribution < 1.29 is 4.79 Å². The number of carbonyl (C=O) groups excluding carboxylic acids is 1. The number of nitrogens with zero attached hydrogens (tertiary/aromatic N) is 2. The number of rotatable bonds is 1. The number of nitrogens with two attached hydrogens (primary N) is 1. The van der Waals surface area contributed by atoms with E-state index in [4.69, 9.17) is 5.73 Å². The molecule has 2 aliphatic rings. The fraction of sp³-hybridized carbons (Fsp3) is 0.636. The molecule has 0 radical (unpaired) electrons. The Kier molecular flexibility index (Phi) is 2.29. The summed E-state index contributed by atoms with van der Waals surface area (Å²) in [5.74, 6) is 0.679. The summed E-state index contributed by atoms with van der Waals surface area (Å²) in [7, 11) is 0. The van der Waals surface area contributed by atoms with Crippen LogP contribution in [0.3, 0.4) is 0 Å². The van der Waals surface area contributed by atoms with E-state index in [2.05, 4.69) is 16.8 Å². The first-order valence-electron chi connectivity index (χ1n) is 5.34. The molecule has 2 rings (SSSR count). The lowest BCUT2D eigenvalue weighted by molar-refractivity contribution is -0.120. The zero-order valence-corrected chi connectivity index (χ0v) is 9.45. The molecule has 2 unspecified atom stereocenters. The van der Waals surface area contributed by atoms with Gasteiger partial charge in [0.2, 0.25) is 5.91 Å². The minimum absolute atomic E-state index is 0.113. The molecule has 2 heterocycles. The number of primary amides is 1. The van der Waals surface area contributed by atoms with E-state index >= 15 is 0 Å². The van der Waals surface area contributed by atoms with Gasteiger partial charge < -0.3 is 10.6 Å². The molecule has 1 amide bonds.